The maximum absolute atomic E-state index is 12.1. The van der Waals surface area contributed by atoms with Gasteiger partial charge in [0.2, 0.25) is 0 Å². The molecule has 192 valence electrons. The number of esters is 1. The molecule has 0 aromatic rings. The summed E-state index contributed by atoms with van der Waals surface area (Å²) >= 11 is 0. The van der Waals surface area contributed by atoms with E-state index in [0.29, 0.717) is 17.4 Å². The summed E-state index contributed by atoms with van der Waals surface area (Å²) in [5.41, 5.74) is 0. The zero-order valence-corrected chi connectivity index (χ0v) is 22.0. The lowest BCUT2D eigenvalue weighted by molar-refractivity contribution is -0.873. The van der Waals surface area contributed by atoms with Crippen LogP contribution in [0.25, 0.3) is 0 Å². The zero-order valence-electron chi connectivity index (χ0n) is 22.0. The molecule has 0 spiro atoms. The summed E-state index contributed by atoms with van der Waals surface area (Å²) in [6, 6.07) is 0. The molecule has 0 fully saturated rings. The lowest BCUT2D eigenvalue weighted by Gasteiger charge is -2.28. The number of hydrogen-bond acceptors (Lipinski definition) is 3. The van der Waals surface area contributed by atoms with Gasteiger partial charge in [0.25, 0.3) is 0 Å². The minimum Gasteiger partial charge on any atom is -0.481 e. The number of allylic oxidation sites excluding steroid dienone is 4. The normalized spacial score (nSPS) is 13.1. The van der Waals surface area contributed by atoms with Gasteiger partial charge in [-0.05, 0) is 38.5 Å². The van der Waals surface area contributed by atoms with Gasteiger partial charge in [0.05, 0.1) is 27.6 Å². The number of quaternary nitrogens is 1. The Morgan fingerprint density at radius 3 is 1.82 bits per heavy atom. The Balaban J connectivity index is 3.65. The maximum Gasteiger partial charge on any atom is 0.307 e. The second-order valence-electron chi connectivity index (χ2n) is 10.2. The standard InChI is InChI=1S/C28H51NO4/c1-5-6-7-8-9-10-11-12-13-14-15-16-17-18-19-20-21-22-23-28(32)33-26(24-27(30)31)25-29(2,3)4/h13-14,16-17,26H,5-12,15,18-25H2,1-4H3/p+1/b14-13+,17-16+. The van der Waals surface area contributed by atoms with Gasteiger partial charge >= 0.3 is 11.9 Å². The molecule has 5 heteroatoms. The van der Waals surface area contributed by atoms with Crippen LogP contribution in [0.4, 0.5) is 0 Å². The minimum absolute atomic E-state index is 0.137. The SMILES string of the molecule is CCCCCCCCC/C=C/C/C=C/CCCCCCC(=O)OC(CC(=O)O)C[N+](C)(C)C. The topological polar surface area (TPSA) is 63.6 Å². The highest BCUT2D eigenvalue weighted by molar-refractivity contribution is 5.71. The Morgan fingerprint density at radius 2 is 1.30 bits per heavy atom. The minimum atomic E-state index is -0.932. The van der Waals surface area contributed by atoms with E-state index >= 15 is 0 Å². The zero-order chi connectivity index (χ0) is 24.8. The molecule has 1 atom stereocenters. The number of nitrogens with zero attached hydrogens (tertiary/aromatic N) is 1. The highest BCUT2D eigenvalue weighted by Crippen LogP contribution is 2.11. The number of carboxylic acid groups (broad SMARTS) is 1. The van der Waals surface area contributed by atoms with Crippen LogP contribution in [-0.2, 0) is 14.3 Å². The van der Waals surface area contributed by atoms with Crippen molar-refractivity contribution in [1.29, 1.82) is 0 Å². The molecular weight excluding hydrogens is 414 g/mol. The lowest BCUT2D eigenvalue weighted by atomic mass is 10.1. The van der Waals surface area contributed by atoms with E-state index in [4.69, 9.17) is 9.84 Å². The number of carbonyl (C=O) groups excluding carboxylic acids is 1. The van der Waals surface area contributed by atoms with Crippen LogP contribution in [0.3, 0.4) is 0 Å². The number of ether oxygens (including phenoxy) is 1. The quantitative estimate of drug-likeness (QED) is 0.0802. The fraction of sp³-hybridized carbons (Fsp3) is 0.786. The molecule has 0 heterocycles. The average Bonchev–Trinajstić information content (AvgIpc) is 2.71. The van der Waals surface area contributed by atoms with Gasteiger partial charge in [-0.3, -0.25) is 9.59 Å². The molecule has 0 aliphatic heterocycles. The summed E-state index contributed by atoms with van der Waals surface area (Å²) in [6.45, 7) is 2.76. The van der Waals surface area contributed by atoms with E-state index in [-0.39, 0.29) is 12.4 Å². The fourth-order valence-electron chi connectivity index (χ4n) is 3.81. The van der Waals surface area contributed by atoms with Crippen molar-refractivity contribution in [3.63, 3.8) is 0 Å². The molecule has 0 amide bonds. The van der Waals surface area contributed by atoms with E-state index in [9.17, 15) is 9.59 Å². The van der Waals surface area contributed by atoms with Crippen molar-refractivity contribution in [3.05, 3.63) is 24.3 Å². The third-order valence-corrected chi connectivity index (χ3v) is 5.53. The van der Waals surface area contributed by atoms with E-state index in [2.05, 4.69) is 31.2 Å². The van der Waals surface area contributed by atoms with Crippen molar-refractivity contribution in [2.75, 3.05) is 27.7 Å². The van der Waals surface area contributed by atoms with Gasteiger partial charge in [-0.2, -0.15) is 0 Å². The van der Waals surface area contributed by atoms with Crippen molar-refractivity contribution < 1.29 is 23.9 Å². The van der Waals surface area contributed by atoms with E-state index in [1.807, 2.05) is 21.1 Å². The fourth-order valence-corrected chi connectivity index (χ4v) is 3.81. The molecule has 0 aromatic heterocycles. The molecule has 5 nitrogen and oxygen atoms in total. The summed E-state index contributed by atoms with van der Waals surface area (Å²) < 4.78 is 5.98. The Bertz CT molecular complexity index is 549. The molecule has 0 saturated carbocycles. The second-order valence-corrected chi connectivity index (χ2v) is 10.2. The summed E-state index contributed by atoms with van der Waals surface area (Å²) in [6.07, 6.45) is 25.7. The van der Waals surface area contributed by atoms with Crippen LogP contribution in [0.1, 0.15) is 110 Å². The summed E-state index contributed by atoms with van der Waals surface area (Å²) in [4.78, 5) is 23.1. The van der Waals surface area contributed by atoms with Crippen molar-refractivity contribution in [2.45, 2.75) is 116 Å². The second kappa shape index (κ2) is 20.9. The van der Waals surface area contributed by atoms with Crippen LogP contribution in [-0.4, -0.2) is 55.3 Å². The smallest absolute Gasteiger partial charge is 0.307 e. The molecule has 0 aromatic carbocycles. The van der Waals surface area contributed by atoms with Crippen LogP contribution in [0.2, 0.25) is 0 Å². The monoisotopic (exact) mass is 466 g/mol. The molecular formula is C28H52NO4+. The van der Waals surface area contributed by atoms with E-state index in [1.165, 1.54) is 51.4 Å². The van der Waals surface area contributed by atoms with Crippen LogP contribution in [0.15, 0.2) is 24.3 Å². The number of unbranched alkanes of at least 4 members (excludes halogenated alkanes) is 11. The van der Waals surface area contributed by atoms with Gasteiger partial charge in [0, 0.05) is 6.42 Å². The molecule has 0 rings (SSSR count). The molecule has 0 aliphatic carbocycles. The first-order chi connectivity index (χ1) is 15.7. The van der Waals surface area contributed by atoms with Gasteiger partial charge < -0.3 is 14.3 Å². The van der Waals surface area contributed by atoms with Gasteiger partial charge in [-0.25, -0.2) is 0 Å². The van der Waals surface area contributed by atoms with Crippen molar-refractivity contribution in [1.82, 2.24) is 0 Å². The molecule has 1 N–H and O–H groups in total. The molecule has 33 heavy (non-hydrogen) atoms. The number of carbonyl (C=O) groups is 2. The van der Waals surface area contributed by atoms with Crippen LogP contribution < -0.4 is 0 Å². The van der Waals surface area contributed by atoms with E-state index in [0.717, 1.165) is 38.5 Å². The van der Waals surface area contributed by atoms with Crippen LogP contribution in [0, 0.1) is 0 Å². The van der Waals surface area contributed by atoms with E-state index < -0.39 is 12.1 Å². The summed E-state index contributed by atoms with van der Waals surface area (Å²) in [7, 11) is 5.89. The predicted molar refractivity (Wildman–Crippen MR) is 138 cm³/mol. The number of likely N-dealkylation sites (N-methyl/N-ethyl adjacent to an activating group) is 1. The number of hydrogen-bond donors (Lipinski definition) is 1. The van der Waals surface area contributed by atoms with Gasteiger partial charge in [0.1, 0.15) is 6.54 Å². The number of aliphatic carboxylic acids is 1. The van der Waals surface area contributed by atoms with Gasteiger partial charge in [-0.15, -0.1) is 0 Å². The molecule has 0 saturated heterocycles. The Kier molecular flexibility index (Phi) is 19.9. The van der Waals surface area contributed by atoms with Crippen LogP contribution >= 0.6 is 0 Å². The van der Waals surface area contributed by atoms with Gasteiger partial charge in [-0.1, -0.05) is 82.6 Å². The van der Waals surface area contributed by atoms with Crippen molar-refractivity contribution in [3.8, 4) is 0 Å². The molecule has 0 radical (unpaired) electrons. The highest BCUT2D eigenvalue weighted by atomic mass is 16.5. The average molecular weight is 467 g/mol. The van der Waals surface area contributed by atoms with Crippen molar-refractivity contribution >= 4 is 11.9 Å². The first kappa shape index (κ1) is 31.4. The van der Waals surface area contributed by atoms with Crippen LogP contribution in [0.5, 0.6) is 0 Å². The largest absolute Gasteiger partial charge is 0.481 e. The Labute approximate surface area is 203 Å². The van der Waals surface area contributed by atoms with E-state index in [1.54, 1.807) is 0 Å². The number of rotatable bonds is 22. The maximum atomic E-state index is 12.1. The Hall–Kier alpha value is -1.62. The summed E-state index contributed by atoms with van der Waals surface area (Å²) in [5.74, 6) is -1.21. The van der Waals surface area contributed by atoms with Gasteiger partial charge in [0.15, 0.2) is 6.10 Å². The first-order valence-electron chi connectivity index (χ1n) is 13.3. The molecule has 0 aliphatic rings. The highest BCUT2D eigenvalue weighted by Gasteiger charge is 2.24. The molecule has 0 bridgehead atoms. The predicted octanol–water partition coefficient (Wildman–Crippen LogP) is 7.06. The third-order valence-electron chi connectivity index (χ3n) is 5.53. The third kappa shape index (κ3) is 24.8. The molecule has 1 unspecified atom stereocenters. The first-order valence-corrected chi connectivity index (χ1v) is 13.3. The lowest BCUT2D eigenvalue weighted by Crippen LogP contribution is -2.43. The number of carboxylic acids is 1. The van der Waals surface area contributed by atoms with Crippen molar-refractivity contribution in [2.24, 2.45) is 0 Å². The summed E-state index contributed by atoms with van der Waals surface area (Å²) in [5, 5.41) is 9.02. The Morgan fingerprint density at radius 1 is 0.788 bits per heavy atom.